The molecule has 1 atom stereocenters. The normalized spacial score (nSPS) is 30.3. The van der Waals surface area contributed by atoms with E-state index in [-0.39, 0.29) is 11.2 Å². The van der Waals surface area contributed by atoms with E-state index >= 15 is 0 Å². The van der Waals surface area contributed by atoms with Gasteiger partial charge in [0.1, 0.15) is 5.78 Å². The maximum absolute atomic E-state index is 12.0. The average Bonchev–Trinajstić information content (AvgIpc) is 2.31. The minimum atomic E-state index is -0.112. The van der Waals surface area contributed by atoms with Crippen LogP contribution in [-0.2, 0) is 9.59 Å². The number of hydrogen-bond acceptors (Lipinski definition) is 2. The fourth-order valence-corrected chi connectivity index (χ4v) is 3.00. The Hall–Kier alpha value is -0.920. The number of hydrogen-bond donors (Lipinski definition) is 0. The number of carbonyl (C=O) groups is 2. The second kappa shape index (κ2) is 5.16. The van der Waals surface area contributed by atoms with Gasteiger partial charge in [0, 0.05) is 18.3 Å². The lowest BCUT2D eigenvalue weighted by Gasteiger charge is -2.32. The van der Waals surface area contributed by atoms with Crippen molar-refractivity contribution in [1.82, 2.24) is 0 Å². The Morgan fingerprint density at radius 2 is 1.94 bits per heavy atom. The first kappa shape index (κ1) is 12.5. The highest BCUT2D eigenvalue weighted by atomic mass is 16.1. The van der Waals surface area contributed by atoms with Crippen molar-refractivity contribution in [1.29, 1.82) is 0 Å². The molecule has 1 saturated carbocycles. The van der Waals surface area contributed by atoms with Gasteiger partial charge in [-0.15, -0.1) is 0 Å². The summed E-state index contributed by atoms with van der Waals surface area (Å²) < 4.78 is 0. The van der Waals surface area contributed by atoms with Crippen molar-refractivity contribution >= 4 is 11.6 Å². The van der Waals surface area contributed by atoms with Crippen LogP contribution in [0.4, 0.5) is 0 Å². The molecule has 2 aliphatic carbocycles. The Labute approximate surface area is 103 Å². The predicted octanol–water partition coefficient (Wildman–Crippen LogP) is 3.60. The largest absolute Gasteiger partial charge is 0.299 e. The molecule has 0 radical (unpaired) electrons. The molecule has 0 aromatic rings. The van der Waals surface area contributed by atoms with Crippen molar-refractivity contribution in [2.75, 3.05) is 0 Å². The third-order valence-corrected chi connectivity index (χ3v) is 4.34. The van der Waals surface area contributed by atoms with Crippen LogP contribution in [0.25, 0.3) is 0 Å². The monoisotopic (exact) mass is 234 g/mol. The molecule has 0 aromatic heterocycles. The topological polar surface area (TPSA) is 34.1 Å². The van der Waals surface area contributed by atoms with E-state index in [1.807, 2.05) is 6.08 Å². The van der Waals surface area contributed by atoms with Crippen molar-refractivity contribution in [2.45, 2.75) is 64.7 Å². The first-order chi connectivity index (χ1) is 8.10. The lowest BCUT2D eigenvalue weighted by Crippen LogP contribution is -2.31. The third kappa shape index (κ3) is 3.05. The molecule has 17 heavy (non-hydrogen) atoms. The maximum atomic E-state index is 12.0. The summed E-state index contributed by atoms with van der Waals surface area (Å²) in [7, 11) is 0. The van der Waals surface area contributed by atoms with Crippen LogP contribution in [0.3, 0.4) is 0 Å². The highest BCUT2D eigenvalue weighted by molar-refractivity contribution is 5.91. The summed E-state index contributed by atoms with van der Waals surface area (Å²) in [6.07, 6.45) is 10.5. The van der Waals surface area contributed by atoms with Crippen molar-refractivity contribution in [3.63, 3.8) is 0 Å². The zero-order valence-corrected chi connectivity index (χ0v) is 10.8. The Kier molecular flexibility index (Phi) is 3.80. The van der Waals surface area contributed by atoms with Gasteiger partial charge in [0.25, 0.3) is 0 Å². The molecule has 0 aromatic carbocycles. The lowest BCUT2D eigenvalue weighted by molar-refractivity contribution is -0.130. The highest BCUT2D eigenvalue weighted by Crippen LogP contribution is 2.38. The second-order valence-corrected chi connectivity index (χ2v) is 5.81. The van der Waals surface area contributed by atoms with Crippen molar-refractivity contribution in [2.24, 2.45) is 5.41 Å². The summed E-state index contributed by atoms with van der Waals surface area (Å²) in [5.74, 6) is 0.706. The quantitative estimate of drug-likeness (QED) is 0.747. The molecule has 0 N–H and O–H groups in total. The van der Waals surface area contributed by atoms with Gasteiger partial charge in [0.2, 0.25) is 0 Å². The second-order valence-electron chi connectivity index (χ2n) is 5.81. The van der Waals surface area contributed by atoms with Crippen LogP contribution in [-0.4, -0.2) is 11.6 Å². The number of rotatable bonds is 3. The van der Waals surface area contributed by atoms with Gasteiger partial charge in [-0.25, -0.2) is 0 Å². The van der Waals surface area contributed by atoms with Gasteiger partial charge < -0.3 is 0 Å². The Morgan fingerprint density at radius 1 is 1.12 bits per heavy atom. The standard InChI is InChI=1S/C15H22O2/c1-15(9-3-2-7-14(15)17)10-8-12-5-4-6-13(16)11-12/h11H,2-10H2,1H3. The zero-order chi connectivity index (χ0) is 12.3. The van der Waals surface area contributed by atoms with Crippen molar-refractivity contribution < 1.29 is 9.59 Å². The molecule has 0 amide bonds. The van der Waals surface area contributed by atoms with Gasteiger partial charge in [-0.3, -0.25) is 9.59 Å². The molecule has 0 spiro atoms. The van der Waals surface area contributed by atoms with Crippen molar-refractivity contribution in [3.8, 4) is 0 Å². The predicted molar refractivity (Wildman–Crippen MR) is 67.8 cm³/mol. The molecule has 0 heterocycles. The summed E-state index contributed by atoms with van der Waals surface area (Å²) >= 11 is 0. The van der Waals surface area contributed by atoms with Gasteiger partial charge in [0.05, 0.1) is 0 Å². The molecular weight excluding hydrogens is 212 g/mol. The molecule has 0 aliphatic heterocycles. The van der Waals surface area contributed by atoms with Crippen LogP contribution in [0.5, 0.6) is 0 Å². The fourth-order valence-electron chi connectivity index (χ4n) is 3.00. The summed E-state index contributed by atoms with van der Waals surface area (Å²) in [5, 5.41) is 0. The molecule has 2 rings (SSSR count). The molecule has 0 saturated heterocycles. The smallest absolute Gasteiger partial charge is 0.155 e. The Balaban J connectivity index is 1.92. The van der Waals surface area contributed by atoms with E-state index in [9.17, 15) is 9.59 Å². The number of ketones is 2. The summed E-state index contributed by atoms with van der Waals surface area (Å²) in [5.41, 5.74) is 1.15. The van der Waals surface area contributed by atoms with E-state index in [0.717, 1.165) is 44.9 Å². The zero-order valence-electron chi connectivity index (χ0n) is 10.8. The number of Topliss-reactive ketones (excluding diaryl/α,β-unsaturated/α-hetero) is 1. The van der Waals surface area contributed by atoms with Crippen LogP contribution in [0.2, 0.25) is 0 Å². The van der Waals surface area contributed by atoms with Crippen LogP contribution in [0.1, 0.15) is 64.7 Å². The van der Waals surface area contributed by atoms with E-state index < -0.39 is 0 Å². The molecule has 2 nitrogen and oxygen atoms in total. The molecule has 1 unspecified atom stereocenters. The minimum Gasteiger partial charge on any atom is -0.299 e. The lowest BCUT2D eigenvalue weighted by atomic mass is 9.71. The Morgan fingerprint density at radius 3 is 2.65 bits per heavy atom. The van der Waals surface area contributed by atoms with Gasteiger partial charge in [-0.2, -0.15) is 0 Å². The van der Waals surface area contributed by atoms with E-state index in [1.54, 1.807) is 0 Å². The van der Waals surface area contributed by atoms with Crippen molar-refractivity contribution in [3.05, 3.63) is 11.6 Å². The SMILES string of the molecule is CC1(CCC2=CC(=O)CCC2)CCCCC1=O. The molecule has 1 fully saturated rings. The molecule has 2 heteroatoms. The maximum Gasteiger partial charge on any atom is 0.155 e. The van der Waals surface area contributed by atoms with Crippen LogP contribution >= 0.6 is 0 Å². The number of allylic oxidation sites excluding steroid dienone is 2. The summed E-state index contributed by atoms with van der Waals surface area (Å²) in [6, 6.07) is 0. The summed E-state index contributed by atoms with van der Waals surface area (Å²) in [4.78, 5) is 23.3. The van der Waals surface area contributed by atoms with Gasteiger partial charge in [-0.1, -0.05) is 18.9 Å². The molecular formula is C15H22O2. The third-order valence-electron chi connectivity index (χ3n) is 4.34. The van der Waals surface area contributed by atoms with Crippen LogP contribution < -0.4 is 0 Å². The van der Waals surface area contributed by atoms with Crippen LogP contribution in [0, 0.1) is 5.41 Å². The van der Waals surface area contributed by atoms with Crippen LogP contribution in [0.15, 0.2) is 11.6 Å². The average molecular weight is 234 g/mol. The summed E-state index contributed by atoms with van der Waals surface area (Å²) in [6.45, 7) is 2.11. The molecule has 0 bridgehead atoms. The molecule has 94 valence electrons. The first-order valence-corrected chi connectivity index (χ1v) is 6.86. The van der Waals surface area contributed by atoms with Gasteiger partial charge >= 0.3 is 0 Å². The van der Waals surface area contributed by atoms with E-state index in [0.29, 0.717) is 12.2 Å². The Bertz CT molecular complexity index is 354. The molecule has 2 aliphatic rings. The fraction of sp³-hybridized carbons (Fsp3) is 0.733. The van der Waals surface area contributed by atoms with Gasteiger partial charge in [-0.05, 0) is 44.6 Å². The number of carbonyl (C=O) groups excluding carboxylic acids is 2. The van der Waals surface area contributed by atoms with E-state index in [1.165, 1.54) is 12.0 Å². The highest BCUT2D eigenvalue weighted by Gasteiger charge is 2.34. The van der Waals surface area contributed by atoms with E-state index in [4.69, 9.17) is 0 Å². The minimum absolute atomic E-state index is 0.112. The van der Waals surface area contributed by atoms with E-state index in [2.05, 4.69) is 6.92 Å². The van der Waals surface area contributed by atoms with Gasteiger partial charge in [0.15, 0.2) is 5.78 Å². The first-order valence-electron chi connectivity index (χ1n) is 6.86.